The fraction of sp³-hybridized carbons (Fsp3) is 0.238. The second kappa shape index (κ2) is 8.48. The number of para-hydroxylation sites is 1. The fourth-order valence-corrected chi connectivity index (χ4v) is 3.80. The molecule has 0 spiro atoms. The lowest BCUT2D eigenvalue weighted by molar-refractivity contribution is 0.341. The zero-order chi connectivity index (χ0) is 20.2. The van der Waals surface area contributed by atoms with Gasteiger partial charge in [-0.1, -0.05) is 46.7 Å². The van der Waals surface area contributed by atoms with Crippen molar-refractivity contribution in [2.75, 3.05) is 6.61 Å². The van der Waals surface area contributed by atoms with Crippen LogP contribution in [0, 0.1) is 13.8 Å². The van der Waals surface area contributed by atoms with Gasteiger partial charge in [0.15, 0.2) is 5.16 Å². The number of thioether (sulfide) groups is 1. The lowest BCUT2D eigenvalue weighted by Crippen LogP contribution is -1.98. The molecular formula is C21H21N5O2S. The molecule has 0 aliphatic carbocycles. The molecule has 4 rings (SSSR count). The summed E-state index contributed by atoms with van der Waals surface area (Å²) < 4.78 is 13.1. The standard InChI is InChI=1S/C21H21N5O2S/c1-4-27-18-8-6-5-7-16(18)20-23-19(28-25-20)12-29-21-24-22-13-26(21)17-10-9-14(2)11-15(17)3/h5-11,13H,4,12H2,1-3H3. The van der Waals surface area contributed by atoms with Gasteiger partial charge in [0.25, 0.3) is 0 Å². The van der Waals surface area contributed by atoms with Crippen LogP contribution in [-0.2, 0) is 5.75 Å². The minimum Gasteiger partial charge on any atom is -0.493 e. The van der Waals surface area contributed by atoms with Gasteiger partial charge in [0.05, 0.1) is 23.6 Å². The summed E-state index contributed by atoms with van der Waals surface area (Å²) in [6.45, 7) is 6.68. The molecule has 0 fully saturated rings. The summed E-state index contributed by atoms with van der Waals surface area (Å²) in [4.78, 5) is 4.52. The maximum Gasteiger partial charge on any atom is 0.237 e. The lowest BCUT2D eigenvalue weighted by Gasteiger charge is -2.09. The maximum absolute atomic E-state index is 5.66. The summed E-state index contributed by atoms with van der Waals surface area (Å²) in [5.74, 6) is 2.27. The third kappa shape index (κ3) is 4.17. The first-order chi connectivity index (χ1) is 14.2. The third-order valence-electron chi connectivity index (χ3n) is 4.35. The molecule has 2 heterocycles. The van der Waals surface area contributed by atoms with E-state index in [2.05, 4.69) is 52.4 Å². The van der Waals surface area contributed by atoms with Gasteiger partial charge in [-0.05, 0) is 44.5 Å². The van der Waals surface area contributed by atoms with Gasteiger partial charge in [-0.25, -0.2) is 0 Å². The Morgan fingerprint density at radius 2 is 2.00 bits per heavy atom. The monoisotopic (exact) mass is 407 g/mol. The lowest BCUT2D eigenvalue weighted by atomic mass is 10.1. The van der Waals surface area contributed by atoms with Crippen LogP contribution in [0.4, 0.5) is 0 Å². The minimum atomic E-state index is 0.493. The number of hydrogen-bond donors (Lipinski definition) is 0. The Bertz CT molecular complexity index is 1120. The van der Waals surface area contributed by atoms with Crippen LogP contribution in [-0.4, -0.2) is 31.5 Å². The van der Waals surface area contributed by atoms with Gasteiger partial charge < -0.3 is 9.26 Å². The zero-order valence-electron chi connectivity index (χ0n) is 16.5. The molecule has 0 aliphatic rings. The van der Waals surface area contributed by atoms with E-state index in [-0.39, 0.29) is 0 Å². The number of aromatic nitrogens is 5. The molecule has 0 atom stereocenters. The Balaban J connectivity index is 1.51. The normalized spacial score (nSPS) is 11.0. The highest BCUT2D eigenvalue weighted by atomic mass is 32.2. The van der Waals surface area contributed by atoms with E-state index in [1.54, 1.807) is 6.33 Å². The number of hydrogen-bond acceptors (Lipinski definition) is 7. The van der Waals surface area contributed by atoms with E-state index in [1.807, 2.05) is 35.8 Å². The van der Waals surface area contributed by atoms with Gasteiger partial charge in [0, 0.05) is 0 Å². The van der Waals surface area contributed by atoms with Gasteiger partial charge >= 0.3 is 0 Å². The summed E-state index contributed by atoms with van der Waals surface area (Å²) in [5.41, 5.74) is 4.26. The molecule has 0 bridgehead atoms. The molecule has 148 valence electrons. The molecule has 0 amide bonds. The Morgan fingerprint density at radius 3 is 2.83 bits per heavy atom. The van der Waals surface area contributed by atoms with Crippen molar-refractivity contribution in [3.63, 3.8) is 0 Å². The predicted octanol–water partition coefficient (Wildman–Crippen LogP) is 4.63. The maximum atomic E-state index is 5.66. The van der Waals surface area contributed by atoms with Crippen LogP contribution in [0.5, 0.6) is 5.75 Å². The quantitative estimate of drug-likeness (QED) is 0.413. The molecule has 8 heteroatoms. The van der Waals surface area contributed by atoms with E-state index in [0.29, 0.717) is 24.1 Å². The molecule has 2 aromatic heterocycles. The average molecular weight is 407 g/mol. The fourth-order valence-electron chi connectivity index (χ4n) is 3.05. The van der Waals surface area contributed by atoms with Crippen molar-refractivity contribution in [3.8, 4) is 22.8 Å². The molecule has 0 aliphatic heterocycles. The van der Waals surface area contributed by atoms with Gasteiger partial charge in [-0.2, -0.15) is 4.98 Å². The molecule has 0 N–H and O–H groups in total. The predicted molar refractivity (Wildman–Crippen MR) is 111 cm³/mol. The molecule has 0 unspecified atom stereocenters. The molecule has 0 saturated carbocycles. The van der Waals surface area contributed by atoms with Crippen LogP contribution >= 0.6 is 11.8 Å². The topological polar surface area (TPSA) is 78.9 Å². The highest BCUT2D eigenvalue weighted by Crippen LogP contribution is 2.29. The van der Waals surface area contributed by atoms with Crippen LogP contribution in [0.1, 0.15) is 23.9 Å². The number of ether oxygens (including phenoxy) is 1. The van der Waals surface area contributed by atoms with E-state index < -0.39 is 0 Å². The van der Waals surface area contributed by atoms with Gasteiger partial charge in [-0.3, -0.25) is 4.57 Å². The first-order valence-electron chi connectivity index (χ1n) is 9.31. The zero-order valence-corrected chi connectivity index (χ0v) is 17.3. The largest absolute Gasteiger partial charge is 0.493 e. The minimum absolute atomic E-state index is 0.493. The Labute approximate surface area is 173 Å². The van der Waals surface area contributed by atoms with Gasteiger partial charge in [0.1, 0.15) is 12.1 Å². The van der Waals surface area contributed by atoms with Crippen molar-refractivity contribution >= 4 is 11.8 Å². The van der Waals surface area contributed by atoms with Crippen molar-refractivity contribution in [2.24, 2.45) is 0 Å². The Hall–Kier alpha value is -3.13. The molecule has 7 nitrogen and oxygen atoms in total. The molecule has 0 radical (unpaired) electrons. The number of benzene rings is 2. The van der Waals surface area contributed by atoms with Crippen molar-refractivity contribution < 1.29 is 9.26 Å². The summed E-state index contributed by atoms with van der Waals surface area (Å²) >= 11 is 1.50. The van der Waals surface area contributed by atoms with E-state index in [9.17, 15) is 0 Å². The first kappa shape index (κ1) is 19.2. The van der Waals surface area contributed by atoms with Crippen LogP contribution in [0.15, 0.2) is 58.5 Å². The van der Waals surface area contributed by atoms with Crippen molar-refractivity contribution in [2.45, 2.75) is 31.7 Å². The van der Waals surface area contributed by atoms with Crippen LogP contribution in [0.2, 0.25) is 0 Å². The second-order valence-corrected chi connectivity index (χ2v) is 7.45. The Kier molecular flexibility index (Phi) is 5.62. The number of aryl methyl sites for hydroxylation is 2. The SMILES string of the molecule is CCOc1ccccc1-c1noc(CSc2nncn2-c2ccc(C)cc2C)n1. The van der Waals surface area contributed by atoms with Crippen molar-refractivity contribution in [1.82, 2.24) is 24.9 Å². The third-order valence-corrected chi connectivity index (χ3v) is 5.28. The van der Waals surface area contributed by atoms with Gasteiger partial charge in [0.2, 0.25) is 11.7 Å². The van der Waals surface area contributed by atoms with E-state index in [0.717, 1.165) is 22.2 Å². The summed E-state index contributed by atoms with van der Waals surface area (Å²) in [6.07, 6.45) is 1.72. The molecule has 2 aromatic carbocycles. The van der Waals surface area contributed by atoms with E-state index in [4.69, 9.17) is 9.26 Å². The van der Waals surface area contributed by atoms with Crippen LogP contribution < -0.4 is 4.74 Å². The van der Waals surface area contributed by atoms with E-state index >= 15 is 0 Å². The molecule has 0 saturated heterocycles. The Morgan fingerprint density at radius 1 is 1.14 bits per heavy atom. The van der Waals surface area contributed by atoms with Crippen LogP contribution in [0.3, 0.4) is 0 Å². The molecular weight excluding hydrogens is 386 g/mol. The highest BCUT2D eigenvalue weighted by Gasteiger charge is 2.15. The van der Waals surface area contributed by atoms with Gasteiger partial charge in [-0.15, -0.1) is 10.2 Å². The highest BCUT2D eigenvalue weighted by molar-refractivity contribution is 7.98. The smallest absolute Gasteiger partial charge is 0.237 e. The van der Waals surface area contributed by atoms with Crippen molar-refractivity contribution in [3.05, 3.63) is 65.8 Å². The molecule has 29 heavy (non-hydrogen) atoms. The first-order valence-corrected chi connectivity index (χ1v) is 10.3. The number of rotatable bonds is 7. The molecule has 4 aromatic rings. The number of nitrogens with zero attached hydrogens (tertiary/aromatic N) is 5. The second-order valence-electron chi connectivity index (χ2n) is 6.50. The van der Waals surface area contributed by atoms with Crippen LogP contribution in [0.25, 0.3) is 17.1 Å². The van der Waals surface area contributed by atoms with E-state index in [1.165, 1.54) is 22.9 Å². The summed E-state index contributed by atoms with van der Waals surface area (Å²) in [5, 5.41) is 13.2. The summed E-state index contributed by atoms with van der Waals surface area (Å²) in [7, 11) is 0. The average Bonchev–Trinajstić information content (AvgIpc) is 3.36. The summed E-state index contributed by atoms with van der Waals surface area (Å²) in [6, 6.07) is 14.0. The van der Waals surface area contributed by atoms with Crippen molar-refractivity contribution in [1.29, 1.82) is 0 Å².